The molecule has 0 spiro atoms. The van der Waals surface area contributed by atoms with Gasteiger partial charge in [0.2, 0.25) is 11.8 Å². The van der Waals surface area contributed by atoms with Crippen LogP contribution in [0.2, 0.25) is 0 Å². The van der Waals surface area contributed by atoms with Gasteiger partial charge in [0.25, 0.3) is 0 Å². The quantitative estimate of drug-likeness (QED) is 0.668. The maximum atomic E-state index is 11.6. The molecule has 0 aromatic carbocycles. The van der Waals surface area contributed by atoms with Gasteiger partial charge in [0, 0.05) is 5.92 Å². The molecule has 0 radical (unpaired) electrons. The fourth-order valence-corrected chi connectivity index (χ4v) is 2.59. The Morgan fingerprint density at radius 1 is 1.36 bits per heavy atom. The standard InChI is InChI=1S/C10H16N2O2/c1-5(9(11)13)12-10(14)8-6-3-2-4-7(6)8/h5-8H,2-4H2,1H3,(H2,11,13)(H,12,14)/t5-,6?,7?,8?/m0/s1. The third-order valence-electron chi connectivity index (χ3n) is 3.49. The van der Waals surface area contributed by atoms with Crippen LogP contribution in [0.3, 0.4) is 0 Å². The summed E-state index contributed by atoms with van der Waals surface area (Å²) in [5.41, 5.74) is 5.07. The van der Waals surface area contributed by atoms with E-state index < -0.39 is 11.9 Å². The lowest BCUT2D eigenvalue weighted by atomic mass is 10.1. The van der Waals surface area contributed by atoms with E-state index >= 15 is 0 Å². The lowest BCUT2D eigenvalue weighted by Crippen LogP contribution is -2.43. The molecule has 2 amide bonds. The van der Waals surface area contributed by atoms with Gasteiger partial charge < -0.3 is 11.1 Å². The first kappa shape index (κ1) is 9.49. The highest BCUT2D eigenvalue weighted by Gasteiger charge is 2.56. The van der Waals surface area contributed by atoms with Crippen LogP contribution in [0.4, 0.5) is 0 Å². The number of nitrogens with one attached hydrogen (secondary N) is 1. The molecule has 0 aromatic heterocycles. The monoisotopic (exact) mass is 196 g/mol. The van der Waals surface area contributed by atoms with Crippen LogP contribution in [0, 0.1) is 17.8 Å². The van der Waals surface area contributed by atoms with Gasteiger partial charge in [-0.1, -0.05) is 6.42 Å². The molecule has 2 aliphatic carbocycles. The highest BCUT2D eigenvalue weighted by Crippen LogP contribution is 2.57. The van der Waals surface area contributed by atoms with Gasteiger partial charge in [-0.3, -0.25) is 9.59 Å². The second-order valence-electron chi connectivity index (χ2n) is 4.42. The SMILES string of the molecule is C[C@H](NC(=O)C1C2CCCC21)C(N)=O. The smallest absolute Gasteiger partial charge is 0.239 e. The van der Waals surface area contributed by atoms with Crippen molar-refractivity contribution in [2.45, 2.75) is 32.2 Å². The predicted molar refractivity (Wildman–Crippen MR) is 51.1 cm³/mol. The minimum atomic E-state index is -0.538. The van der Waals surface area contributed by atoms with Gasteiger partial charge in [-0.2, -0.15) is 0 Å². The molecule has 3 N–H and O–H groups in total. The van der Waals surface area contributed by atoms with E-state index in [1.165, 1.54) is 19.3 Å². The molecule has 0 bridgehead atoms. The van der Waals surface area contributed by atoms with Gasteiger partial charge in [0.05, 0.1) is 0 Å². The van der Waals surface area contributed by atoms with E-state index in [0.717, 1.165) is 0 Å². The molecule has 3 atom stereocenters. The lowest BCUT2D eigenvalue weighted by molar-refractivity contribution is -0.128. The number of rotatable bonds is 3. The molecule has 0 saturated heterocycles. The molecular weight excluding hydrogens is 180 g/mol. The number of primary amides is 1. The van der Waals surface area contributed by atoms with Crippen molar-refractivity contribution in [2.75, 3.05) is 0 Å². The van der Waals surface area contributed by atoms with Crippen LogP contribution >= 0.6 is 0 Å². The second-order valence-corrected chi connectivity index (χ2v) is 4.42. The minimum absolute atomic E-state index is 0.0194. The minimum Gasteiger partial charge on any atom is -0.368 e. The van der Waals surface area contributed by atoms with Crippen molar-refractivity contribution in [2.24, 2.45) is 23.5 Å². The maximum Gasteiger partial charge on any atom is 0.239 e. The van der Waals surface area contributed by atoms with Crippen LogP contribution in [-0.2, 0) is 9.59 Å². The topological polar surface area (TPSA) is 72.2 Å². The van der Waals surface area contributed by atoms with E-state index in [1.807, 2.05) is 0 Å². The Hall–Kier alpha value is -1.06. The summed E-state index contributed by atoms with van der Waals surface area (Å²) in [4.78, 5) is 22.3. The summed E-state index contributed by atoms with van der Waals surface area (Å²) in [5.74, 6) is 0.908. The summed E-state index contributed by atoms with van der Waals surface area (Å²) in [6, 6.07) is -0.538. The summed E-state index contributed by atoms with van der Waals surface area (Å²) >= 11 is 0. The zero-order chi connectivity index (χ0) is 10.3. The lowest BCUT2D eigenvalue weighted by Gasteiger charge is -2.10. The highest BCUT2D eigenvalue weighted by molar-refractivity contribution is 5.88. The van der Waals surface area contributed by atoms with Crippen LogP contribution in [0.5, 0.6) is 0 Å². The number of amides is 2. The van der Waals surface area contributed by atoms with Crippen LogP contribution in [0.15, 0.2) is 0 Å². The molecule has 0 aromatic rings. The molecule has 2 rings (SSSR count). The Bertz CT molecular complexity index is 267. The molecule has 2 saturated carbocycles. The molecule has 4 heteroatoms. The fourth-order valence-electron chi connectivity index (χ4n) is 2.59. The molecule has 2 fully saturated rings. The number of carbonyl (C=O) groups excluding carboxylic acids is 2. The van der Waals surface area contributed by atoms with Gasteiger partial charge in [-0.15, -0.1) is 0 Å². The summed E-state index contributed by atoms with van der Waals surface area (Å²) in [6.45, 7) is 1.62. The molecular formula is C10H16N2O2. The fraction of sp³-hybridized carbons (Fsp3) is 0.800. The first-order valence-corrected chi connectivity index (χ1v) is 5.21. The first-order valence-electron chi connectivity index (χ1n) is 5.21. The predicted octanol–water partition coefficient (Wildman–Crippen LogP) is 0.0225. The molecule has 2 aliphatic rings. The second kappa shape index (κ2) is 3.26. The molecule has 2 unspecified atom stereocenters. The van der Waals surface area contributed by atoms with Crippen molar-refractivity contribution < 1.29 is 9.59 Å². The Labute approximate surface area is 83.2 Å². The number of hydrogen-bond acceptors (Lipinski definition) is 2. The van der Waals surface area contributed by atoms with E-state index in [4.69, 9.17) is 5.73 Å². The summed E-state index contributed by atoms with van der Waals surface area (Å²) < 4.78 is 0. The van der Waals surface area contributed by atoms with Crippen molar-refractivity contribution in [3.8, 4) is 0 Å². The van der Waals surface area contributed by atoms with E-state index in [9.17, 15) is 9.59 Å². The van der Waals surface area contributed by atoms with Crippen LogP contribution in [0.25, 0.3) is 0 Å². The average Bonchev–Trinajstić information content (AvgIpc) is 2.61. The van der Waals surface area contributed by atoms with Crippen LogP contribution in [0.1, 0.15) is 26.2 Å². The zero-order valence-electron chi connectivity index (χ0n) is 8.32. The largest absolute Gasteiger partial charge is 0.368 e. The Morgan fingerprint density at radius 3 is 2.43 bits per heavy atom. The van der Waals surface area contributed by atoms with Crippen molar-refractivity contribution in [1.29, 1.82) is 0 Å². The normalized spacial score (nSPS) is 35.9. The zero-order valence-corrected chi connectivity index (χ0v) is 8.32. The van der Waals surface area contributed by atoms with Crippen molar-refractivity contribution in [3.63, 3.8) is 0 Å². The van der Waals surface area contributed by atoms with Gasteiger partial charge in [0.15, 0.2) is 0 Å². The summed E-state index contributed by atoms with van der Waals surface area (Å²) in [7, 11) is 0. The van der Waals surface area contributed by atoms with E-state index in [1.54, 1.807) is 6.92 Å². The van der Waals surface area contributed by atoms with Gasteiger partial charge >= 0.3 is 0 Å². The van der Waals surface area contributed by atoms with Gasteiger partial charge in [0.1, 0.15) is 6.04 Å². The number of hydrogen-bond donors (Lipinski definition) is 2. The Morgan fingerprint density at radius 2 is 1.93 bits per heavy atom. The molecule has 0 heterocycles. The molecule has 0 aliphatic heterocycles. The third-order valence-corrected chi connectivity index (χ3v) is 3.49. The van der Waals surface area contributed by atoms with Crippen molar-refractivity contribution >= 4 is 11.8 Å². The van der Waals surface area contributed by atoms with Gasteiger partial charge in [-0.25, -0.2) is 0 Å². The van der Waals surface area contributed by atoms with Crippen molar-refractivity contribution in [1.82, 2.24) is 5.32 Å². The summed E-state index contributed by atoms with van der Waals surface area (Å²) in [6.07, 6.45) is 3.60. The highest BCUT2D eigenvalue weighted by atomic mass is 16.2. The number of nitrogens with two attached hydrogens (primary N) is 1. The Balaban J connectivity index is 1.83. The number of carbonyl (C=O) groups is 2. The maximum absolute atomic E-state index is 11.6. The number of fused-ring (bicyclic) bond motifs is 1. The van der Waals surface area contributed by atoms with Crippen LogP contribution in [-0.4, -0.2) is 17.9 Å². The Kier molecular flexibility index (Phi) is 2.21. The van der Waals surface area contributed by atoms with Crippen LogP contribution < -0.4 is 11.1 Å². The summed E-state index contributed by atoms with van der Waals surface area (Å²) in [5, 5.41) is 2.66. The van der Waals surface area contributed by atoms with Gasteiger partial charge in [-0.05, 0) is 31.6 Å². The van der Waals surface area contributed by atoms with E-state index in [0.29, 0.717) is 11.8 Å². The van der Waals surface area contributed by atoms with Crippen molar-refractivity contribution in [3.05, 3.63) is 0 Å². The van der Waals surface area contributed by atoms with E-state index in [-0.39, 0.29) is 11.8 Å². The first-order chi connectivity index (χ1) is 6.61. The average molecular weight is 196 g/mol. The van der Waals surface area contributed by atoms with E-state index in [2.05, 4.69) is 5.32 Å². The molecule has 14 heavy (non-hydrogen) atoms. The molecule has 4 nitrogen and oxygen atoms in total. The third kappa shape index (κ3) is 1.49. The molecule has 78 valence electrons.